The molecule has 0 unspecified atom stereocenters. The first-order valence-corrected chi connectivity index (χ1v) is 7.19. The fourth-order valence-electron chi connectivity index (χ4n) is 1.81. The van der Waals surface area contributed by atoms with Gasteiger partial charge in [-0.2, -0.15) is 0 Å². The quantitative estimate of drug-likeness (QED) is 0.811. The molecular formula is C17H14F3NO4. The number of halogens is 3. The van der Waals surface area contributed by atoms with Crippen LogP contribution in [0.25, 0.3) is 0 Å². The molecule has 0 aliphatic heterocycles. The van der Waals surface area contributed by atoms with Crippen LogP contribution in [0, 0.1) is 17.5 Å². The number of hydrogen-bond acceptors (Lipinski definition) is 4. The van der Waals surface area contributed by atoms with Crippen molar-refractivity contribution in [2.24, 2.45) is 0 Å². The number of nitrogens with one attached hydrogen (secondary N) is 1. The predicted molar refractivity (Wildman–Crippen MR) is 82.4 cm³/mol. The molecule has 25 heavy (non-hydrogen) atoms. The van der Waals surface area contributed by atoms with Crippen molar-refractivity contribution in [3.05, 3.63) is 59.9 Å². The van der Waals surface area contributed by atoms with Crippen molar-refractivity contribution < 1.29 is 32.2 Å². The second-order valence-corrected chi connectivity index (χ2v) is 4.97. The molecule has 0 saturated carbocycles. The molecule has 0 spiro atoms. The Balaban J connectivity index is 1.84. The summed E-state index contributed by atoms with van der Waals surface area (Å²) in [6.07, 6.45) is -1.07. The van der Waals surface area contributed by atoms with Gasteiger partial charge in [0.1, 0.15) is 28.9 Å². The lowest BCUT2D eigenvalue weighted by Crippen LogP contribution is -2.30. The molecule has 0 bridgehead atoms. The molecule has 2 rings (SSSR count). The number of hydrogen-bond donors (Lipinski definition) is 1. The first-order chi connectivity index (χ1) is 11.9. The highest BCUT2D eigenvalue weighted by molar-refractivity contribution is 5.93. The molecule has 1 atom stereocenters. The molecule has 8 heteroatoms. The van der Waals surface area contributed by atoms with Crippen molar-refractivity contribution in [3.63, 3.8) is 0 Å². The van der Waals surface area contributed by atoms with Crippen molar-refractivity contribution in [3.8, 4) is 5.75 Å². The van der Waals surface area contributed by atoms with E-state index in [-0.39, 0.29) is 5.75 Å². The highest BCUT2D eigenvalue weighted by Gasteiger charge is 2.19. The number of esters is 1. The molecule has 2 aromatic carbocycles. The van der Waals surface area contributed by atoms with E-state index in [4.69, 9.17) is 9.47 Å². The monoisotopic (exact) mass is 353 g/mol. The topological polar surface area (TPSA) is 64.6 Å². The van der Waals surface area contributed by atoms with Gasteiger partial charge >= 0.3 is 5.97 Å². The minimum absolute atomic E-state index is 0.240. The van der Waals surface area contributed by atoms with Crippen LogP contribution in [-0.4, -0.2) is 24.6 Å². The average molecular weight is 353 g/mol. The highest BCUT2D eigenvalue weighted by atomic mass is 19.1. The van der Waals surface area contributed by atoms with Crippen molar-refractivity contribution in [2.45, 2.75) is 13.0 Å². The van der Waals surface area contributed by atoms with Gasteiger partial charge in [-0.15, -0.1) is 0 Å². The lowest BCUT2D eigenvalue weighted by Gasteiger charge is -2.14. The number of carbonyl (C=O) groups excluding carboxylic acids is 2. The molecule has 0 radical (unpaired) electrons. The van der Waals surface area contributed by atoms with Crippen LogP contribution in [0.5, 0.6) is 5.75 Å². The van der Waals surface area contributed by atoms with Crippen LogP contribution in [0.4, 0.5) is 18.9 Å². The van der Waals surface area contributed by atoms with Crippen LogP contribution in [0.15, 0.2) is 42.5 Å². The van der Waals surface area contributed by atoms with Gasteiger partial charge in [0.15, 0.2) is 12.7 Å². The summed E-state index contributed by atoms with van der Waals surface area (Å²) >= 11 is 0. The molecular weight excluding hydrogens is 339 g/mol. The number of anilines is 1. The Hall–Kier alpha value is -3.03. The fourth-order valence-corrected chi connectivity index (χ4v) is 1.81. The van der Waals surface area contributed by atoms with Gasteiger partial charge in [-0.25, -0.2) is 18.0 Å². The van der Waals surface area contributed by atoms with Crippen LogP contribution in [0.1, 0.15) is 6.92 Å². The zero-order valence-electron chi connectivity index (χ0n) is 13.1. The maximum Gasteiger partial charge on any atom is 0.347 e. The van der Waals surface area contributed by atoms with E-state index in [2.05, 4.69) is 0 Å². The maximum atomic E-state index is 13.4. The zero-order valence-corrected chi connectivity index (χ0v) is 13.1. The molecule has 0 aromatic heterocycles. The van der Waals surface area contributed by atoms with Gasteiger partial charge in [-0.1, -0.05) is 6.07 Å². The first kappa shape index (κ1) is 18.3. The van der Waals surface area contributed by atoms with Gasteiger partial charge in [0.05, 0.1) is 0 Å². The molecule has 0 heterocycles. The maximum absolute atomic E-state index is 13.4. The Labute approximate surface area is 141 Å². The van der Waals surface area contributed by atoms with E-state index in [0.29, 0.717) is 0 Å². The summed E-state index contributed by atoms with van der Waals surface area (Å²) < 4.78 is 49.5. The fraction of sp³-hybridized carbons (Fsp3) is 0.176. The molecule has 1 amide bonds. The summed E-state index contributed by atoms with van der Waals surface area (Å²) in [4.78, 5) is 23.4. The molecule has 2 aromatic rings. The lowest BCUT2D eigenvalue weighted by atomic mass is 10.3. The van der Waals surface area contributed by atoms with Crippen molar-refractivity contribution in [1.82, 2.24) is 0 Å². The molecule has 0 aliphatic carbocycles. The van der Waals surface area contributed by atoms with Gasteiger partial charge in [0, 0.05) is 0 Å². The van der Waals surface area contributed by atoms with Crippen LogP contribution in [0.3, 0.4) is 0 Å². The number of amides is 1. The molecule has 5 nitrogen and oxygen atoms in total. The second-order valence-electron chi connectivity index (χ2n) is 4.97. The number of carbonyl (C=O) groups is 2. The average Bonchev–Trinajstić information content (AvgIpc) is 2.58. The van der Waals surface area contributed by atoms with E-state index in [1.807, 2.05) is 5.32 Å². The van der Waals surface area contributed by atoms with E-state index < -0.39 is 47.7 Å². The summed E-state index contributed by atoms with van der Waals surface area (Å²) in [5, 5.41) is 1.98. The SMILES string of the molecule is C[C@H](Oc1ccc(F)cc1)C(=O)OCC(=O)Nc1c(F)cccc1F. The Morgan fingerprint density at radius 3 is 2.24 bits per heavy atom. The third-order valence-electron chi connectivity index (χ3n) is 3.03. The van der Waals surface area contributed by atoms with Gasteiger partial charge < -0.3 is 14.8 Å². The predicted octanol–water partition coefficient (Wildman–Crippen LogP) is 3.05. The van der Waals surface area contributed by atoms with Crippen LogP contribution < -0.4 is 10.1 Å². The van der Waals surface area contributed by atoms with E-state index in [9.17, 15) is 22.8 Å². The summed E-state index contributed by atoms with van der Waals surface area (Å²) in [7, 11) is 0. The summed E-state index contributed by atoms with van der Waals surface area (Å²) in [5.41, 5.74) is -0.626. The van der Waals surface area contributed by atoms with Crippen molar-refractivity contribution in [1.29, 1.82) is 0 Å². The van der Waals surface area contributed by atoms with Crippen LogP contribution in [-0.2, 0) is 14.3 Å². The minimum Gasteiger partial charge on any atom is -0.479 e. The summed E-state index contributed by atoms with van der Waals surface area (Å²) in [5.74, 6) is -3.90. The van der Waals surface area contributed by atoms with Gasteiger partial charge in [0.25, 0.3) is 5.91 Å². The molecule has 132 valence electrons. The highest BCUT2D eigenvalue weighted by Crippen LogP contribution is 2.18. The van der Waals surface area contributed by atoms with E-state index in [1.165, 1.54) is 19.1 Å². The molecule has 0 fully saturated rings. The Kier molecular flexibility index (Phi) is 5.99. The van der Waals surface area contributed by atoms with E-state index in [0.717, 1.165) is 30.3 Å². The number of rotatable bonds is 6. The standard InChI is InChI=1S/C17H14F3NO4/c1-10(25-12-7-5-11(18)6-8-12)17(23)24-9-15(22)21-16-13(19)3-2-4-14(16)20/h2-8,10H,9H2,1H3,(H,21,22)/t10-/m0/s1. The number of benzene rings is 2. The zero-order chi connectivity index (χ0) is 18.4. The van der Waals surface area contributed by atoms with Crippen molar-refractivity contribution in [2.75, 3.05) is 11.9 Å². The second kappa shape index (κ2) is 8.18. The Morgan fingerprint density at radius 1 is 1.04 bits per heavy atom. The van der Waals surface area contributed by atoms with Crippen LogP contribution >= 0.6 is 0 Å². The first-order valence-electron chi connectivity index (χ1n) is 7.19. The van der Waals surface area contributed by atoms with Gasteiger partial charge in [-0.3, -0.25) is 4.79 Å². The smallest absolute Gasteiger partial charge is 0.347 e. The number of ether oxygens (including phenoxy) is 2. The van der Waals surface area contributed by atoms with Gasteiger partial charge in [0.2, 0.25) is 0 Å². The third-order valence-corrected chi connectivity index (χ3v) is 3.03. The summed E-state index contributed by atoms with van der Waals surface area (Å²) in [6, 6.07) is 8.06. The van der Waals surface area contributed by atoms with Crippen LogP contribution in [0.2, 0.25) is 0 Å². The largest absolute Gasteiger partial charge is 0.479 e. The Bertz CT molecular complexity index is 745. The van der Waals surface area contributed by atoms with E-state index >= 15 is 0 Å². The minimum atomic E-state index is -1.07. The summed E-state index contributed by atoms with van der Waals surface area (Å²) in [6.45, 7) is 0.629. The van der Waals surface area contributed by atoms with Gasteiger partial charge in [-0.05, 0) is 43.3 Å². The molecule has 1 N–H and O–H groups in total. The number of para-hydroxylation sites is 1. The van der Waals surface area contributed by atoms with Crippen molar-refractivity contribution >= 4 is 17.6 Å². The lowest BCUT2D eigenvalue weighted by molar-refractivity contribution is -0.153. The normalized spacial score (nSPS) is 11.5. The third kappa shape index (κ3) is 5.23. The molecule has 0 aliphatic rings. The Morgan fingerprint density at radius 2 is 1.64 bits per heavy atom. The molecule has 0 saturated heterocycles. The van der Waals surface area contributed by atoms with E-state index in [1.54, 1.807) is 0 Å².